The number of phosphoric acid groups is 1. The number of esters is 3. The molecule has 0 saturated heterocycles. The van der Waals surface area contributed by atoms with Crippen molar-refractivity contribution in [2.24, 2.45) is 0 Å². The van der Waals surface area contributed by atoms with E-state index in [1.54, 1.807) is 0 Å². The normalized spacial score (nSPS) is 13.8. The van der Waals surface area contributed by atoms with Crippen molar-refractivity contribution in [2.45, 2.75) is 277 Å². The van der Waals surface area contributed by atoms with Gasteiger partial charge in [-0.05, 0) is 103 Å². The van der Waals surface area contributed by atoms with Crippen molar-refractivity contribution in [2.75, 3.05) is 26.4 Å². The molecule has 0 aromatic carbocycles. The van der Waals surface area contributed by atoms with Gasteiger partial charge in [-0.2, -0.15) is 0 Å². The van der Waals surface area contributed by atoms with E-state index in [1.165, 1.54) is 83.5 Å². The summed E-state index contributed by atoms with van der Waals surface area (Å²) >= 11 is 0. The molecule has 0 heterocycles. The molecular weight excluding hydrogens is 928 g/mol. The van der Waals surface area contributed by atoms with Gasteiger partial charge in [0.2, 0.25) is 0 Å². The molecule has 11 nitrogen and oxygen atoms in total. The number of aliphatic hydroxyl groups excluding tert-OH is 1. The van der Waals surface area contributed by atoms with Crippen LogP contribution < -0.4 is 0 Å². The van der Waals surface area contributed by atoms with E-state index in [0.717, 1.165) is 122 Å². The van der Waals surface area contributed by atoms with E-state index < -0.39 is 57.8 Å². The Morgan fingerprint density at radius 2 is 0.708 bits per heavy atom. The summed E-state index contributed by atoms with van der Waals surface area (Å²) in [7, 11) is -4.75. The van der Waals surface area contributed by atoms with Crippen molar-refractivity contribution >= 4 is 25.7 Å². The molecular formula is C60H107O11P. The number of rotatable bonds is 54. The van der Waals surface area contributed by atoms with Crippen molar-refractivity contribution in [3.63, 3.8) is 0 Å². The van der Waals surface area contributed by atoms with E-state index >= 15 is 0 Å². The van der Waals surface area contributed by atoms with Gasteiger partial charge in [-0.3, -0.25) is 23.4 Å². The number of carbonyl (C=O) groups excluding carboxylic acids is 3. The third-order valence-corrected chi connectivity index (χ3v) is 13.3. The van der Waals surface area contributed by atoms with Gasteiger partial charge in [-0.25, -0.2) is 4.57 Å². The smallest absolute Gasteiger partial charge is 0.462 e. The highest BCUT2D eigenvalue weighted by Crippen LogP contribution is 2.43. The van der Waals surface area contributed by atoms with E-state index in [4.69, 9.17) is 23.3 Å². The lowest BCUT2D eigenvalue weighted by atomic mass is 10.1. The first-order valence-corrected chi connectivity index (χ1v) is 30.7. The van der Waals surface area contributed by atoms with E-state index in [9.17, 15) is 28.9 Å². The third kappa shape index (κ3) is 52.1. The Kier molecular flexibility index (Phi) is 52.3. The van der Waals surface area contributed by atoms with Crippen LogP contribution in [0.25, 0.3) is 0 Å². The van der Waals surface area contributed by atoms with Crippen LogP contribution in [0.4, 0.5) is 0 Å². The molecule has 0 spiro atoms. The topological polar surface area (TPSA) is 155 Å². The van der Waals surface area contributed by atoms with Crippen LogP contribution in [-0.2, 0) is 42.2 Å². The van der Waals surface area contributed by atoms with Crippen LogP contribution in [0.15, 0.2) is 60.8 Å². The molecule has 0 aliphatic rings. The molecule has 3 unspecified atom stereocenters. The maximum Gasteiger partial charge on any atom is 0.472 e. The van der Waals surface area contributed by atoms with Crippen LogP contribution in [0.1, 0.15) is 265 Å². The molecule has 418 valence electrons. The number of aliphatic hydroxyl groups is 1. The fourth-order valence-corrected chi connectivity index (χ4v) is 8.67. The number of ether oxygens (including phenoxy) is 3. The van der Waals surface area contributed by atoms with Crippen molar-refractivity contribution in [3.05, 3.63) is 60.8 Å². The van der Waals surface area contributed by atoms with Crippen LogP contribution in [-0.4, -0.2) is 66.5 Å². The largest absolute Gasteiger partial charge is 0.472 e. The van der Waals surface area contributed by atoms with Gasteiger partial charge in [0, 0.05) is 19.3 Å². The van der Waals surface area contributed by atoms with Crippen LogP contribution in [0.5, 0.6) is 0 Å². The van der Waals surface area contributed by atoms with Crippen molar-refractivity contribution in [1.29, 1.82) is 0 Å². The van der Waals surface area contributed by atoms with Gasteiger partial charge >= 0.3 is 25.7 Å². The van der Waals surface area contributed by atoms with Crippen LogP contribution in [0.2, 0.25) is 0 Å². The molecule has 0 aromatic heterocycles. The Hall–Kier alpha value is -2.82. The predicted molar refractivity (Wildman–Crippen MR) is 298 cm³/mol. The average Bonchev–Trinajstić information content (AvgIpc) is 3.37. The Morgan fingerprint density at radius 3 is 1.12 bits per heavy atom. The second-order valence-corrected chi connectivity index (χ2v) is 20.9. The van der Waals surface area contributed by atoms with Gasteiger partial charge < -0.3 is 24.2 Å². The zero-order valence-corrected chi connectivity index (χ0v) is 47.0. The molecule has 0 aliphatic heterocycles. The maximum atomic E-state index is 12.9. The fourth-order valence-electron chi connectivity index (χ4n) is 7.89. The average molecular weight is 1040 g/mol. The monoisotopic (exact) mass is 1030 g/mol. The molecule has 0 saturated carbocycles. The first-order valence-electron chi connectivity index (χ1n) is 29.2. The Labute approximate surface area is 440 Å². The van der Waals surface area contributed by atoms with Gasteiger partial charge in [0.25, 0.3) is 0 Å². The lowest BCUT2D eigenvalue weighted by Crippen LogP contribution is -2.30. The second-order valence-electron chi connectivity index (χ2n) is 19.4. The van der Waals surface area contributed by atoms with Gasteiger partial charge in [0.1, 0.15) is 12.7 Å². The molecule has 0 amide bonds. The molecule has 0 rings (SSSR count). The second kappa shape index (κ2) is 54.4. The Balaban J connectivity index is 4.73. The van der Waals surface area contributed by atoms with E-state index in [-0.39, 0.29) is 25.9 Å². The lowest BCUT2D eigenvalue weighted by Gasteiger charge is -2.21. The van der Waals surface area contributed by atoms with Gasteiger partial charge in [-0.1, -0.05) is 204 Å². The van der Waals surface area contributed by atoms with Gasteiger partial charge in [-0.15, -0.1) is 0 Å². The summed E-state index contributed by atoms with van der Waals surface area (Å²) < 4.78 is 39.5. The quantitative estimate of drug-likeness (QED) is 0.0197. The summed E-state index contributed by atoms with van der Waals surface area (Å²) in [6, 6.07) is 0. The zero-order valence-electron chi connectivity index (χ0n) is 46.1. The lowest BCUT2D eigenvalue weighted by molar-refractivity contribution is -0.161. The Morgan fingerprint density at radius 1 is 0.389 bits per heavy atom. The first-order chi connectivity index (χ1) is 35.2. The molecule has 3 atom stereocenters. The number of allylic oxidation sites excluding steroid dienone is 10. The van der Waals surface area contributed by atoms with E-state index in [0.29, 0.717) is 19.3 Å². The van der Waals surface area contributed by atoms with Crippen LogP contribution >= 0.6 is 7.82 Å². The minimum atomic E-state index is -4.75. The van der Waals surface area contributed by atoms with Crippen molar-refractivity contribution < 1.29 is 52.2 Å². The standard InChI is InChI=1S/C60H107O11P/c1-4-7-10-13-16-19-22-25-27-28-30-33-36-39-42-45-48-51-60(64)71-57(53-67-58(62)49-46-43-40-37-34-31-24-21-18-15-12-9-6-3)55-69-72(65,66)68-54-56(52-61)70-59(63)50-47-44-41-38-35-32-29-26-23-20-17-14-11-8-5-2/h12,15-16,19,21,24-27,29,56-57,61H,4-11,13-14,17-18,20,22-23,28,30-55H2,1-3H3,(H,65,66)/b15-12-,19-16-,24-21-,27-25-,29-26-. The first kappa shape index (κ1) is 69.2. The van der Waals surface area contributed by atoms with Crippen molar-refractivity contribution in [1.82, 2.24) is 0 Å². The Bertz CT molecular complexity index is 1440. The maximum absolute atomic E-state index is 12.9. The molecule has 0 aromatic rings. The summed E-state index contributed by atoms with van der Waals surface area (Å²) in [5.41, 5.74) is 0. The highest BCUT2D eigenvalue weighted by atomic mass is 31.2. The zero-order chi connectivity index (χ0) is 52.7. The minimum absolute atomic E-state index is 0.155. The molecule has 0 radical (unpaired) electrons. The summed E-state index contributed by atoms with van der Waals surface area (Å²) in [6.07, 6.45) is 58.8. The van der Waals surface area contributed by atoms with E-state index in [2.05, 4.69) is 81.5 Å². The summed E-state index contributed by atoms with van der Waals surface area (Å²) in [5.74, 6) is -1.49. The number of unbranched alkanes of at least 4 members (excludes halogenated alkanes) is 27. The predicted octanol–water partition coefficient (Wildman–Crippen LogP) is 17.1. The minimum Gasteiger partial charge on any atom is -0.462 e. The van der Waals surface area contributed by atoms with Crippen LogP contribution in [0.3, 0.4) is 0 Å². The highest BCUT2D eigenvalue weighted by Gasteiger charge is 2.28. The molecule has 0 fully saturated rings. The molecule has 12 heteroatoms. The van der Waals surface area contributed by atoms with Crippen LogP contribution in [0, 0.1) is 0 Å². The summed E-state index contributed by atoms with van der Waals surface area (Å²) in [6.45, 7) is 4.53. The van der Waals surface area contributed by atoms with Gasteiger partial charge in [0.15, 0.2) is 6.10 Å². The number of hydrogen-bond acceptors (Lipinski definition) is 10. The molecule has 72 heavy (non-hydrogen) atoms. The number of phosphoric ester groups is 1. The van der Waals surface area contributed by atoms with Crippen molar-refractivity contribution in [3.8, 4) is 0 Å². The van der Waals surface area contributed by atoms with E-state index in [1.807, 2.05) is 0 Å². The van der Waals surface area contributed by atoms with Gasteiger partial charge in [0.05, 0.1) is 19.8 Å². The highest BCUT2D eigenvalue weighted by molar-refractivity contribution is 7.47. The SMILES string of the molecule is CCC/C=C\C/C=C\CCCCCCCC(=O)OCC(COP(=O)(O)OCC(CO)OC(=O)CCCCCCC/C=C\CCCCCCCC)OC(=O)CCCCCCCCC/C=C\C/C=C\CCCCC. The molecule has 0 aliphatic carbocycles. The number of carbonyl (C=O) groups is 3. The summed E-state index contributed by atoms with van der Waals surface area (Å²) in [5, 5.41) is 9.81. The summed E-state index contributed by atoms with van der Waals surface area (Å²) in [4.78, 5) is 48.5. The molecule has 0 bridgehead atoms. The fraction of sp³-hybridized carbons (Fsp3) is 0.783. The molecule has 2 N–H and O–H groups in total. The third-order valence-electron chi connectivity index (χ3n) is 12.4. The number of hydrogen-bond donors (Lipinski definition) is 2.